The number of thiophene rings is 2. The Morgan fingerprint density at radius 1 is 1.09 bits per heavy atom. The average molecular weight is 334 g/mol. The normalized spacial score (nSPS) is 12.0. The fourth-order valence-corrected chi connectivity index (χ4v) is 2.95. The maximum Gasteiger partial charge on any atom is 0.268 e. The third kappa shape index (κ3) is 4.82. The van der Waals surface area contributed by atoms with E-state index in [1.807, 2.05) is 43.7 Å². The lowest BCUT2D eigenvalue weighted by Crippen LogP contribution is -2.44. The summed E-state index contributed by atoms with van der Waals surface area (Å²) in [6, 6.07) is 7.32. The molecule has 0 radical (unpaired) electrons. The molecule has 2 rings (SSSR count). The summed E-state index contributed by atoms with van der Waals surface area (Å²) in [4.78, 5) is 26.1. The van der Waals surface area contributed by atoms with Gasteiger partial charge < -0.3 is 10.6 Å². The molecule has 2 aromatic heterocycles. The van der Waals surface area contributed by atoms with Crippen LogP contribution in [0.5, 0.6) is 0 Å². The zero-order chi connectivity index (χ0) is 16.2. The molecule has 2 heterocycles. The van der Waals surface area contributed by atoms with E-state index < -0.39 is 0 Å². The molecule has 0 aliphatic carbocycles. The van der Waals surface area contributed by atoms with E-state index in [1.54, 1.807) is 18.2 Å². The van der Waals surface area contributed by atoms with E-state index in [-0.39, 0.29) is 23.1 Å². The smallest absolute Gasteiger partial charge is 0.268 e. The van der Waals surface area contributed by atoms with Gasteiger partial charge in [-0.15, -0.1) is 22.7 Å². The minimum Gasteiger partial charge on any atom is -0.346 e. The molecule has 2 amide bonds. The van der Waals surface area contributed by atoms with Crippen LogP contribution in [0.25, 0.3) is 6.08 Å². The SMILES string of the molecule is CC(C)(C)NC(=O)/C(=C\c1cccs1)NC(=O)c1cccs1. The van der Waals surface area contributed by atoms with Crippen molar-refractivity contribution >= 4 is 40.6 Å². The lowest BCUT2D eigenvalue weighted by molar-refractivity contribution is -0.119. The average Bonchev–Trinajstić information content (AvgIpc) is 3.09. The Morgan fingerprint density at radius 3 is 2.32 bits per heavy atom. The second-order valence-corrected chi connectivity index (χ2v) is 7.64. The number of hydrogen-bond donors (Lipinski definition) is 2. The van der Waals surface area contributed by atoms with Crippen molar-refractivity contribution in [3.8, 4) is 0 Å². The first-order valence-corrected chi connectivity index (χ1v) is 8.54. The van der Waals surface area contributed by atoms with Gasteiger partial charge in [-0.05, 0) is 49.7 Å². The lowest BCUT2D eigenvalue weighted by atomic mass is 10.1. The first kappa shape index (κ1) is 16.5. The molecule has 0 atom stereocenters. The van der Waals surface area contributed by atoms with Crippen LogP contribution in [0.1, 0.15) is 35.3 Å². The fourth-order valence-electron chi connectivity index (χ4n) is 1.67. The molecular weight excluding hydrogens is 316 g/mol. The first-order valence-electron chi connectivity index (χ1n) is 6.78. The summed E-state index contributed by atoms with van der Waals surface area (Å²) >= 11 is 2.84. The molecule has 0 bridgehead atoms. The zero-order valence-corrected chi connectivity index (χ0v) is 14.3. The molecule has 4 nitrogen and oxygen atoms in total. The fraction of sp³-hybridized carbons (Fsp3) is 0.250. The molecule has 0 aromatic carbocycles. The second-order valence-electron chi connectivity index (χ2n) is 5.71. The van der Waals surface area contributed by atoms with Crippen molar-refractivity contribution < 1.29 is 9.59 Å². The maximum absolute atomic E-state index is 12.4. The highest BCUT2D eigenvalue weighted by molar-refractivity contribution is 7.12. The summed E-state index contributed by atoms with van der Waals surface area (Å²) in [5, 5.41) is 9.32. The second kappa shape index (κ2) is 6.89. The van der Waals surface area contributed by atoms with Gasteiger partial charge in [-0.1, -0.05) is 12.1 Å². The highest BCUT2D eigenvalue weighted by Crippen LogP contribution is 2.15. The van der Waals surface area contributed by atoms with Crippen molar-refractivity contribution in [2.45, 2.75) is 26.3 Å². The van der Waals surface area contributed by atoms with Gasteiger partial charge in [0.25, 0.3) is 11.8 Å². The van der Waals surface area contributed by atoms with E-state index in [9.17, 15) is 9.59 Å². The zero-order valence-electron chi connectivity index (χ0n) is 12.7. The number of amides is 2. The molecule has 0 saturated carbocycles. The molecule has 0 aliphatic heterocycles. The summed E-state index contributed by atoms with van der Waals surface area (Å²) in [5.41, 5.74) is -0.130. The molecule has 116 valence electrons. The predicted molar refractivity (Wildman–Crippen MR) is 92.0 cm³/mol. The van der Waals surface area contributed by atoms with Gasteiger partial charge in [0.15, 0.2) is 0 Å². The Hall–Kier alpha value is -1.92. The Bertz CT molecular complexity index is 666. The largest absolute Gasteiger partial charge is 0.346 e. The Morgan fingerprint density at radius 2 is 1.77 bits per heavy atom. The highest BCUT2D eigenvalue weighted by Gasteiger charge is 2.20. The van der Waals surface area contributed by atoms with Gasteiger partial charge in [-0.2, -0.15) is 0 Å². The Balaban J connectivity index is 2.22. The molecule has 2 N–H and O–H groups in total. The minimum atomic E-state index is -0.376. The van der Waals surface area contributed by atoms with Crippen molar-refractivity contribution in [2.75, 3.05) is 0 Å². The number of carbonyl (C=O) groups is 2. The van der Waals surface area contributed by atoms with Crippen LogP contribution in [0.4, 0.5) is 0 Å². The van der Waals surface area contributed by atoms with E-state index >= 15 is 0 Å². The van der Waals surface area contributed by atoms with Gasteiger partial charge >= 0.3 is 0 Å². The van der Waals surface area contributed by atoms with Crippen molar-refractivity contribution in [3.63, 3.8) is 0 Å². The standard InChI is InChI=1S/C16H18N2O2S2/c1-16(2,3)18-14(19)12(10-11-6-4-8-21-11)17-15(20)13-7-5-9-22-13/h4-10H,1-3H3,(H,17,20)(H,18,19)/b12-10+. The van der Waals surface area contributed by atoms with Gasteiger partial charge in [-0.25, -0.2) is 0 Å². The van der Waals surface area contributed by atoms with Crippen LogP contribution in [0.2, 0.25) is 0 Å². The molecule has 0 aliphatic rings. The summed E-state index contributed by atoms with van der Waals surface area (Å²) in [6.45, 7) is 5.69. The Labute approximate surface area is 137 Å². The first-order chi connectivity index (χ1) is 10.3. The highest BCUT2D eigenvalue weighted by atomic mass is 32.1. The lowest BCUT2D eigenvalue weighted by Gasteiger charge is -2.21. The number of hydrogen-bond acceptors (Lipinski definition) is 4. The van der Waals surface area contributed by atoms with Crippen LogP contribution in [0.3, 0.4) is 0 Å². The molecular formula is C16H18N2O2S2. The quantitative estimate of drug-likeness (QED) is 0.841. The van der Waals surface area contributed by atoms with E-state index in [2.05, 4.69) is 10.6 Å². The third-order valence-electron chi connectivity index (χ3n) is 2.56. The summed E-state index contributed by atoms with van der Waals surface area (Å²) in [6.07, 6.45) is 1.69. The van der Waals surface area contributed by atoms with Crippen LogP contribution in [0, 0.1) is 0 Å². The predicted octanol–water partition coefficient (Wildman–Crippen LogP) is 3.50. The van der Waals surface area contributed by atoms with Gasteiger partial charge in [0.1, 0.15) is 5.70 Å². The maximum atomic E-state index is 12.4. The van der Waals surface area contributed by atoms with Crippen molar-refractivity contribution in [2.24, 2.45) is 0 Å². The van der Waals surface area contributed by atoms with E-state index in [1.165, 1.54) is 22.7 Å². The topological polar surface area (TPSA) is 58.2 Å². The van der Waals surface area contributed by atoms with Crippen molar-refractivity contribution in [1.29, 1.82) is 0 Å². The Kier molecular flexibility index (Phi) is 5.15. The third-order valence-corrected chi connectivity index (χ3v) is 4.24. The van der Waals surface area contributed by atoms with Gasteiger partial charge in [0, 0.05) is 10.4 Å². The van der Waals surface area contributed by atoms with Crippen molar-refractivity contribution in [3.05, 3.63) is 50.5 Å². The molecule has 0 fully saturated rings. The van der Waals surface area contributed by atoms with Gasteiger partial charge in [0.05, 0.1) is 4.88 Å². The van der Waals surface area contributed by atoms with Gasteiger partial charge in [-0.3, -0.25) is 9.59 Å². The van der Waals surface area contributed by atoms with Crippen molar-refractivity contribution in [1.82, 2.24) is 10.6 Å². The van der Waals surface area contributed by atoms with E-state index in [0.717, 1.165) is 4.88 Å². The summed E-state index contributed by atoms with van der Waals surface area (Å²) in [7, 11) is 0. The van der Waals surface area contributed by atoms with Gasteiger partial charge in [0.2, 0.25) is 0 Å². The molecule has 0 spiro atoms. The molecule has 6 heteroatoms. The van der Waals surface area contributed by atoms with Crippen LogP contribution >= 0.6 is 22.7 Å². The van der Waals surface area contributed by atoms with Crippen LogP contribution in [0.15, 0.2) is 40.7 Å². The number of carbonyl (C=O) groups excluding carboxylic acids is 2. The number of nitrogens with one attached hydrogen (secondary N) is 2. The molecule has 0 unspecified atom stereocenters. The monoisotopic (exact) mass is 334 g/mol. The molecule has 2 aromatic rings. The van der Waals surface area contributed by atoms with E-state index in [4.69, 9.17) is 0 Å². The van der Waals surface area contributed by atoms with Crippen LogP contribution in [-0.4, -0.2) is 17.4 Å². The molecule has 0 saturated heterocycles. The van der Waals surface area contributed by atoms with E-state index in [0.29, 0.717) is 4.88 Å². The van der Waals surface area contributed by atoms with Crippen LogP contribution in [-0.2, 0) is 4.79 Å². The van der Waals surface area contributed by atoms with Crippen LogP contribution < -0.4 is 10.6 Å². The number of rotatable bonds is 4. The summed E-state index contributed by atoms with van der Waals surface area (Å²) < 4.78 is 0. The summed E-state index contributed by atoms with van der Waals surface area (Å²) in [5.74, 6) is -0.576. The molecule has 22 heavy (non-hydrogen) atoms. The minimum absolute atomic E-state index is 0.246.